The highest BCUT2D eigenvalue weighted by Gasteiger charge is 2.28. The van der Waals surface area contributed by atoms with Gasteiger partial charge in [-0.05, 0) is 36.2 Å². The van der Waals surface area contributed by atoms with E-state index in [1.54, 1.807) is 32.0 Å². The highest BCUT2D eigenvalue weighted by Crippen LogP contribution is 2.32. The van der Waals surface area contributed by atoms with E-state index < -0.39 is 34.0 Å². The van der Waals surface area contributed by atoms with Crippen LogP contribution in [-0.4, -0.2) is 38.7 Å². The van der Waals surface area contributed by atoms with Crippen molar-refractivity contribution in [3.05, 3.63) is 36.4 Å². The number of hydrogen-bond donors (Lipinski definition) is 3. The molecule has 0 bridgehead atoms. The van der Waals surface area contributed by atoms with Gasteiger partial charge >= 0.3 is 12.1 Å². The van der Waals surface area contributed by atoms with Gasteiger partial charge in [-0.3, -0.25) is 10.1 Å². The molecule has 0 radical (unpaired) electrons. The van der Waals surface area contributed by atoms with E-state index in [0.717, 1.165) is 0 Å². The van der Waals surface area contributed by atoms with Crippen molar-refractivity contribution in [2.45, 2.75) is 24.8 Å². The summed E-state index contributed by atoms with van der Waals surface area (Å²) in [6, 6.07) is 7.94. The Morgan fingerprint density at radius 2 is 1.79 bits per heavy atom. The van der Waals surface area contributed by atoms with Gasteiger partial charge in [0.05, 0.1) is 12.0 Å². The van der Waals surface area contributed by atoms with Crippen LogP contribution in [0.1, 0.15) is 13.8 Å². The second kappa shape index (κ2) is 7.72. The first-order chi connectivity index (χ1) is 13.6. The summed E-state index contributed by atoms with van der Waals surface area (Å²) in [5.41, 5.74) is 1.36. The number of fused-ring (bicyclic) bond motifs is 3. The average Bonchev–Trinajstić information content (AvgIpc) is 3.02. The number of aliphatic carboxylic acids is 1. The van der Waals surface area contributed by atoms with Crippen LogP contribution < -0.4 is 10.0 Å². The van der Waals surface area contributed by atoms with Crippen molar-refractivity contribution in [3.8, 4) is 0 Å². The lowest BCUT2D eigenvalue weighted by atomic mass is 10.1. The molecule has 1 atom stereocenters. The van der Waals surface area contributed by atoms with Gasteiger partial charge in [0.25, 0.3) is 0 Å². The topological polar surface area (TPSA) is 135 Å². The van der Waals surface area contributed by atoms with Crippen LogP contribution in [0, 0.1) is 5.92 Å². The van der Waals surface area contributed by atoms with Gasteiger partial charge in [-0.2, -0.15) is 4.72 Å². The number of methoxy groups -OCH3 is 1. The first-order valence-electron chi connectivity index (χ1n) is 8.69. The SMILES string of the molecule is COC(=O)Nc1ccc2c(c1)oc1ccc(S(=O)(=O)N[C@H](C(=O)O)C(C)C)cc12. The van der Waals surface area contributed by atoms with Crippen LogP contribution in [-0.2, 0) is 19.6 Å². The van der Waals surface area contributed by atoms with Gasteiger partial charge in [-0.15, -0.1) is 0 Å². The minimum Gasteiger partial charge on any atom is -0.480 e. The molecule has 0 saturated carbocycles. The maximum absolute atomic E-state index is 12.7. The maximum Gasteiger partial charge on any atom is 0.411 e. The number of carbonyl (C=O) groups is 2. The number of rotatable bonds is 6. The molecule has 0 saturated heterocycles. The van der Waals surface area contributed by atoms with E-state index >= 15 is 0 Å². The molecule has 3 rings (SSSR count). The molecule has 154 valence electrons. The highest BCUT2D eigenvalue weighted by atomic mass is 32.2. The summed E-state index contributed by atoms with van der Waals surface area (Å²) in [7, 11) is -2.81. The van der Waals surface area contributed by atoms with Crippen LogP contribution in [0.4, 0.5) is 10.5 Å². The van der Waals surface area contributed by atoms with Crippen LogP contribution in [0.25, 0.3) is 21.9 Å². The standard InChI is InChI=1S/C19H20N2O7S/c1-10(2)17(18(22)23)21-29(25,26)12-5-7-15-14(9-12)13-6-4-11(8-16(13)28-15)20-19(24)27-3/h4-10,17,21H,1-3H3,(H,20,24)(H,22,23)/t17-/m0/s1. The minimum atomic E-state index is -4.06. The summed E-state index contributed by atoms with van der Waals surface area (Å²) in [4.78, 5) is 22.6. The Labute approximate surface area is 166 Å². The molecule has 3 aromatic rings. The Balaban J connectivity index is 2.01. The zero-order valence-electron chi connectivity index (χ0n) is 15.9. The molecule has 0 spiro atoms. The zero-order valence-corrected chi connectivity index (χ0v) is 16.7. The van der Waals surface area contributed by atoms with Crippen molar-refractivity contribution >= 4 is 49.7 Å². The van der Waals surface area contributed by atoms with Crippen LogP contribution in [0.15, 0.2) is 45.7 Å². The minimum absolute atomic E-state index is 0.0728. The molecule has 0 aliphatic carbocycles. The lowest BCUT2D eigenvalue weighted by Gasteiger charge is -2.17. The number of carbonyl (C=O) groups excluding carboxylic acids is 1. The fourth-order valence-corrected chi connectivity index (χ4v) is 4.24. The van der Waals surface area contributed by atoms with E-state index in [9.17, 15) is 23.1 Å². The summed E-state index contributed by atoms with van der Waals surface area (Å²) in [5, 5.41) is 13.0. The molecule has 9 nitrogen and oxygen atoms in total. The van der Waals surface area contributed by atoms with Gasteiger partial charge in [-0.25, -0.2) is 13.2 Å². The number of carboxylic acids is 1. The van der Waals surface area contributed by atoms with Crippen LogP contribution in [0.2, 0.25) is 0 Å². The second-order valence-corrected chi connectivity index (χ2v) is 8.48. The largest absolute Gasteiger partial charge is 0.480 e. The Bertz CT molecular complexity index is 1200. The first kappa shape index (κ1) is 20.6. The van der Waals surface area contributed by atoms with Crippen LogP contribution >= 0.6 is 0 Å². The van der Waals surface area contributed by atoms with Crippen LogP contribution in [0.5, 0.6) is 0 Å². The molecule has 1 aromatic heterocycles. The third kappa shape index (κ3) is 4.17. The van der Waals surface area contributed by atoms with Crippen molar-refractivity contribution in [2.24, 2.45) is 5.92 Å². The van der Waals surface area contributed by atoms with E-state index in [1.165, 1.54) is 25.3 Å². The Morgan fingerprint density at radius 3 is 2.41 bits per heavy atom. The average molecular weight is 420 g/mol. The number of anilines is 1. The van der Waals surface area contributed by atoms with Gasteiger partial charge in [0.2, 0.25) is 10.0 Å². The lowest BCUT2D eigenvalue weighted by molar-refractivity contribution is -0.140. The van der Waals surface area contributed by atoms with E-state index in [0.29, 0.717) is 27.6 Å². The summed E-state index contributed by atoms with van der Waals surface area (Å²) < 4.78 is 37.9. The number of sulfonamides is 1. The lowest BCUT2D eigenvalue weighted by Crippen LogP contribution is -2.44. The van der Waals surface area contributed by atoms with Crippen molar-refractivity contribution in [3.63, 3.8) is 0 Å². The smallest absolute Gasteiger partial charge is 0.411 e. The molecular weight excluding hydrogens is 400 g/mol. The zero-order chi connectivity index (χ0) is 21.3. The Kier molecular flexibility index (Phi) is 5.49. The molecule has 3 N–H and O–H groups in total. The second-order valence-electron chi connectivity index (χ2n) is 6.77. The van der Waals surface area contributed by atoms with Gasteiger partial charge in [-0.1, -0.05) is 13.8 Å². The predicted octanol–water partition coefficient (Wildman–Crippen LogP) is 3.15. The van der Waals surface area contributed by atoms with Gasteiger partial charge in [0.15, 0.2) is 0 Å². The third-order valence-corrected chi connectivity index (χ3v) is 5.84. The Morgan fingerprint density at radius 1 is 1.07 bits per heavy atom. The van der Waals surface area contributed by atoms with Crippen molar-refractivity contribution in [1.82, 2.24) is 4.72 Å². The maximum atomic E-state index is 12.7. The van der Waals surface area contributed by atoms with Crippen molar-refractivity contribution in [2.75, 3.05) is 12.4 Å². The highest BCUT2D eigenvalue weighted by molar-refractivity contribution is 7.89. The molecule has 0 fully saturated rings. The van der Waals surface area contributed by atoms with Gasteiger partial charge in [0.1, 0.15) is 17.2 Å². The molecule has 0 aliphatic rings. The monoisotopic (exact) mass is 420 g/mol. The molecule has 0 unspecified atom stereocenters. The fraction of sp³-hybridized carbons (Fsp3) is 0.263. The summed E-state index contributed by atoms with van der Waals surface area (Å²) in [6.07, 6.45) is -0.627. The number of amides is 1. The molecule has 29 heavy (non-hydrogen) atoms. The van der Waals surface area contributed by atoms with E-state index in [4.69, 9.17) is 4.42 Å². The molecule has 1 amide bonds. The molecule has 2 aromatic carbocycles. The molecular formula is C19H20N2O7S. The van der Waals surface area contributed by atoms with Gasteiger partial charge < -0.3 is 14.3 Å². The third-order valence-electron chi connectivity index (χ3n) is 4.40. The van der Waals surface area contributed by atoms with Crippen molar-refractivity contribution < 1.29 is 32.3 Å². The number of furan rings is 1. The fourth-order valence-electron chi connectivity index (χ4n) is 2.88. The number of carboxylic acid groups (broad SMARTS) is 1. The molecule has 0 aliphatic heterocycles. The Hall–Kier alpha value is -3.11. The predicted molar refractivity (Wildman–Crippen MR) is 106 cm³/mol. The summed E-state index contributed by atoms with van der Waals surface area (Å²) in [5.74, 6) is -1.68. The van der Waals surface area contributed by atoms with E-state index in [-0.39, 0.29) is 4.90 Å². The number of nitrogens with one attached hydrogen (secondary N) is 2. The first-order valence-corrected chi connectivity index (χ1v) is 10.2. The molecule has 1 heterocycles. The quantitative estimate of drug-likeness (QED) is 0.557. The van der Waals surface area contributed by atoms with E-state index in [2.05, 4.69) is 14.8 Å². The van der Waals surface area contributed by atoms with Crippen LogP contribution in [0.3, 0.4) is 0 Å². The number of hydrogen-bond acceptors (Lipinski definition) is 6. The van der Waals surface area contributed by atoms with Gasteiger partial charge in [0, 0.05) is 22.5 Å². The molecule has 10 heteroatoms. The normalized spacial score (nSPS) is 13.0. The summed E-state index contributed by atoms with van der Waals surface area (Å²) >= 11 is 0. The number of ether oxygens (including phenoxy) is 1. The summed E-state index contributed by atoms with van der Waals surface area (Å²) in [6.45, 7) is 3.24. The van der Waals surface area contributed by atoms with E-state index in [1.807, 2.05) is 0 Å². The number of benzene rings is 2. The van der Waals surface area contributed by atoms with Crippen molar-refractivity contribution in [1.29, 1.82) is 0 Å².